The maximum absolute atomic E-state index is 13.1. The van der Waals surface area contributed by atoms with E-state index in [1.807, 2.05) is 0 Å². The van der Waals surface area contributed by atoms with E-state index in [-0.39, 0.29) is 21.2 Å². The first-order chi connectivity index (χ1) is 12.1. The molecule has 26 heavy (non-hydrogen) atoms. The normalized spacial score (nSPS) is 11.1. The number of nitrogens with one attached hydrogen (secondary N) is 2. The first kappa shape index (κ1) is 19.8. The average molecular weight is 403 g/mol. The van der Waals surface area contributed by atoms with Gasteiger partial charge in [0.2, 0.25) is 5.91 Å². The monoisotopic (exact) mass is 402 g/mol. The average Bonchev–Trinajstić information content (AvgIpc) is 2.55. The van der Waals surface area contributed by atoms with E-state index in [0.717, 1.165) is 30.5 Å². The van der Waals surface area contributed by atoms with Gasteiger partial charge in [-0.3, -0.25) is 9.59 Å². The summed E-state index contributed by atoms with van der Waals surface area (Å²) in [6.07, 6.45) is 0.950. The van der Waals surface area contributed by atoms with E-state index in [9.17, 15) is 26.8 Å². The topological polar surface area (TPSA) is 92.3 Å². The van der Waals surface area contributed by atoms with Gasteiger partial charge in [-0.2, -0.15) is 0 Å². The molecular weight excluding hydrogens is 390 g/mol. The van der Waals surface area contributed by atoms with Gasteiger partial charge in [0.05, 0.1) is 16.5 Å². The lowest BCUT2D eigenvalue weighted by Crippen LogP contribution is -2.33. The molecule has 0 spiro atoms. The summed E-state index contributed by atoms with van der Waals surface area (Å²) in [5.74, 6) is -3.56. The van der Waals surface area contributed by atoms with Crippen LogP contribution < -0.4 is 10.6 Å². The molecule has 0 fully saturated rings. The van der Waals surface area contributed by atoms with Gasteiger partial charge in [0.15, 0.2) is 21.5 Å². The quantitative estimate of drug-likeness (QED) is 0.803. The number of sulfone groups is 1. The lowest BCUT2D eigenvalue weighted by Gasteiger charge is -2.09. The molecule has 0 saturated heterocycles. The zero-order valence-corrected chi connectivity index (χ0v) is 14.9. The van der Waals surface area contributed by atoms with Crippen LogP contribution in [0, 0.1) is 11.6 Å². The van der Waals surface area contributed by atoms with Crippen LogP contribution in [0.2, 0.25) is 5.02 Å². The van der Waals surface area contributed by atoms with Crippen molar-refractivity contribution in [2.24, 2.45) is 0 Å². The van der Waals surface area contributed by atoms with E-state index in [2.05, 4.69) is 10.6 Å². The summed E-state index contributed by atoms with van der Waals surface area (Å²) < 4.78 is 49.1. The number of hydrogen-bond donors (Lipinski definition) is 2. The summed E-state index contributed by atoms with van der Waals surface area (Å²) >= 11 is 5.79. The number of carbonyl (C=O) groups excluding carboxylic acids is 2. The molecule has 138 valence electrons. The molecule has 0 aliphatic rings. The van der Waals surface area contributed by atoms with Crippen LogP contribution in [0.5, 0.6) is 0 Å². The standard InChI is InChI=1S/C16H13ClF2N2O4S/c1-26(24,25)14-6-9(2-4-11(14)17)16(23)20-8-15(22)21-10-3-5-12(18)13(19)7-10/h2-7H,8H2,1H3,(H,20,23)(H,21,22). The van der Waals surface area contributed by atoms with E-state index in [0.29, 0.717) is 0 Å². The molecule has 6 nitrogen and oxygen atoms in total. The Morgan fingerprint density at radius 2 is 1.77 bits per heavy atom. The Morgan fingerprint density at radius 3 is 2.38 bits per heavy atom. The molecule has 2 aromatic rings. The van der Waals surface area contributed by atoms with E-state index >= 15 is 0 Å². The van der Waals surface area contributed by atoms with Gasteiger partial charge in [-0.05, 0) is 30.3 Å². The molecule has 2 N–H and O–H groups in total. The van der Waals surface area contributed by atoms with Crippen molar-refractivity contribution >= 4 is 38.9 Å². The Balaban J connectivity index is 2.02. The molecule has 2 aromatic carbocycles. The highest BCUT2D eigenvalue weighted by atomic mass is 35.5. The molecule has 0 bridgehead atoms. The fraction of sp³-hybridized carbons (Fsp3) is 0.125. The molecule has 2 rings (SSSR count). The predicted octanol–water partition coefficient (Wildman–Crippen LogP) is 2.39. The zero-order chi connectivity index (χ0) is 19.5. The van der Waals surface area contributed by atoms with Crippen LogP contribution in [0.4, 0.5) is 14.5 Å². The number of hydrogen-bond acceptors (Lipinski definition) is 4. The molecule has 0 radical (unpaired) electrons. The van der Waals surface area contributed by atoms with Crippen molar-refractivity contribution in [3.05, 3.63) is 58.6 Å². The highest BCUT2D eigenvalue weighted by Crippen LogP contribution is 2.22. The van der Waals surface area contributed by atoms with E-state index in [4.69, 9.17) is 11.6 Å². The first-order valence-corrected chi connectivity index (χ1v) is 9.37. The second kappa shape index (κ2) is 7.79. The predicted molar refractivity (Wildman–Crippen MR) is 91.9 cm³/mol. The second-order valence-electron chi connectivity index (χ2n) is 5.28. The molecule has 0 aromatic heterocycles. The van der Waals surface area contributed by atoms with Gasteiger partial charge in [-0.15, -0.1) is 0 Å². The van der Waals surface area contributed by atoms with Crippen molar-refractivity contribution in [1.29, 1.82) is 0 Å². The van der Waals surface area contributed by atoms with Crippen LogP contribution >= 0.6 is 11.6 Å². The largest absolute Gasteiger partial charge is 0.343 e. The lowest BCUT2D eigenvalue weighted by atomic mass is 10.2. The Bertz CT molecular complexity index is 980. The summed E-state index contributed by atoms with van der Waals surface area (Å²) in [6.45, 7) is -0.464. The number of benzene rings is 2. The number of amides is 2. The fourth-order valence-electron chi connectivity index (χ4n) is 1.97. The van der Waals surface area contributed by atoms with E-state index in [1.54, 1.807) is 0 Å². The fourth-order valence-corrected chi connectivity index (χ4v) is 3.27. The van der Waals surface area contributed by atoms with Crippen LogP contribution in [0.3, 0.4) is 0 Å². The Morgan fingerprint density at radius 1 is 1.08 bits per heavy atom. The summed E-state index contributed by atoms with van der Waals surface area (Å²) in [7, 11) is -3.63. The molecule has 0 atom stereocenters. The van der Waals surface area contributed by atoms with E-state index in [1.165, 1.54) is 12.1 Å². The molecule has 10 heteroatoms. The number of carbonyl (C=O) groups is 2. The van der Waals surface area contributed by atoms with Crippen molar-refractivity contribution in [2.75, 3.05) is 18.1 Å². The van der Waals surface area contributed by atoms with Gasteiger partial charge in [0.1, 0.15) is 0 Å². The SMILES string of the molecule is CS(=O)(=O)c1cc(C(=O)NCC(=O)Nc2ccc(F)c(F)c2)ccc1Cl. The molecule has 2 amide bonds. The second-order valence-corrected chi connectivity index (χ2v) is 7.67. The van der Waals surface area contributed by atoms with Crippen LogP contribution in [0.1, 0.15) is 10.4 Å². The van der Waals surface area contributed by atoms with Crippen LogP contribution in [-0.4, -0.2) is 33.0 Å². The highest BCUT2D eigenvalue weighted by Gasteiger charge is 2.16. The number of halogens is 3. The molecule has 0 aliphatic carbocycles. The minimum atomic E-state index is -3.63. The maximum atomic E-state index is 13.1. The van der Waals surface area contributed by atoms with E-state index < -0.39 is 39.8 Å². The molecule has 0 saturated carbocycles. The van der Waals surface area contributed by atoms with Gasteiger partial charge in [-0.25, -0.2) is 17.2 Å². The number of anilines is 1. The van der Waals surface area contributed by atoms with Crippen molar-refractivity contribution < 1.29 is 26.8 Å². The Kier molecular flexibility index (Phi) is 5.94. The van der Waals surface area contributed by atoms with Crippen molar-refractivity contribution in [3.8, 4) is 0 Å². The first-order valence-electron chi connectivity index (χ1n) is 7.10. The Labute approximate surface area is 153 Å². The number of rotatable bonds is 5. The molecule has 0 unspecified atom stereocenters. The van der Waals surface area contributed by atoms with Gasteiger partial charge in [0, 0.05) is 23.6 Å². The summed E-state index contributed by atoms with van der Waals surface area (Å²) in [5.41, 5.74) is 0.0180. The summed E-state index contributed by atoms with van der Waals surface area (Å²) in [5, 5.41) is 4.54. The Hall–Kier alpha value is -2.52. The summed E-state index contributed by atoms with van der Waals surface area (Å²) in [6, 6.07) is 6.47. The van der Waals surface area contributed by atoms with Gasteiger partial charge < -0.3 is 10.6 Å². The summed E-state index contributed by atoms with van der Waals surface area (Å²) in [4.78, 5) is 23.6. The third kappa shape index (κ3) is 4.99. The third-order valence-electron chi connectivity index (χ3n) is 3.21. The smallest absolute Gasteiger partial charge is 0.251 e. The minimum Gasteiger partial charge on any atom is -0.343 e. The van der Waals surface area contributed by atoms with Crippen LogP contribution in [0.15, 0.2) is 41.3 Å². The van der Waals surface area contributed by atoms with Crippen LogP contribution in [0.25, 0.3) is 0 Å². The highest BCUT2D eigenvalue weighted by molar-refractivity contribution is 7.90. The lowest BCUT2D eigenvalue weighted by molar-refractivity contribution is -0.115. The van der Waals surface area contributed by atoms with Gasteiger partial charge in [-0.1, -0.05) is 11.6 Å². The van der Waals surface area contributed by atoms with Gasteiger partial charge >= 0.3 is 0 Å². The maximum Gasteiger partial charge on any atom is 0.251 e. The van der Waals surface area contributed by atoms with Crippen molar-refractivity contribution in [1.82, 2.24) is 5.32 Å². The van der Waals surface area contributed by atoms with Gasteiger partial charge in [0.25, 0.3) is 5.91 Å². The molecular formula is C16H13ClF2N2O4S. The van der Waals surface area contributed by atoms with Crippen LogP contribution in [-0.2, 0) is 14.6 Å². The van der Waals surface area contributed by atoms with Crippen molar-refractivity contribution in [2.45, 2.75) is 4.90 Å². The molecule has 0 aliphatic heterocycles. The third-order valence-corrected chi connectivity index (χ3v) is 4.78. The zero-order valence-electron chi connectivity index (χ0n) is 13.3. The van der Waals surface area contributed by atoms with Crippen molar-refractivity contribution in [3.63, 3.8) is 0 Å². The molecule has 0 heterocycles. The minimum absolute atomic E-state index is 0.00421.